The molecule has 1 aromatic carbocycles. The van der Waals surface area contributed by atoms with Crippen LogP contribution in [0.5, 0.6) is 5.75 Å². The molecule has 2 aromatic rings. The molecule has 1 N–H and O–H groups in total. The highest BCUT2D eigenvalue weighted by Gasteiger charge is 2.13. The number of aromatic nitrogens is 2. The van der Waals surface area contributed by atoms with E-state index in [1.54, 1.807) is 17.8 Å². The van der Waals surface area contributed by atoms with Crippen LogP contribution in [0, 0.1) is 6.92 Å². The van der Waals surface area contributed by atoms with Gasteiger partial charge in [0.1, 0.15) is 17.5 Å². The van der Waals surface area contributed by atoms with Gasteiger partial charge in [-0.15, -0.1) is 0 Å². The number of hydrogen-bond donors (Lipinski definition) is 1. The fraction of sp³-hybridized carbons (Fsp3) is 0.231. The van der Waals surface area contributed by atoms with Crippen LogP contribution in [0.25, 0.3) is 0 Å². The van der Waals surface area contributed by atoms with Gasteiger partial charge in [0.2, 0.25) is 0 Å². The van der Waals surface area contributed by atoms with Gasteiger partial charge in [0.05, 0.1) is 16.3 Å². The van der Waals surface area contributed by atoms with Crippen molar-refractivity contribution in [2.24, 2.45) is 7.05 Å². The zero-order chi connectivity index (χ0) is 14.9. The highest BCUT2D eigenvalue weighted by molar-refractivity contribution is 6.33. The van der Waals surface area contributed by atoms with E-state index in [2.05, 4.69) is 5.10 Å². The molecule has 1 aromatic heterocycles. The maximum absolute atomic E-state index is 11.0. The Kier molecular flexibility index (Phi) is 4.20. The van der Waals surface area contributed by atoms with Gasteiger partial charge in [-0.05, 0) is 25.1 Å². The van der Waals surface area contributed by atoms with Gasteiger partial charge in [0, 0.05) is 12.6 Å². The summed E-state index contributed by atoms with van der Waals surface area (Å²) in [7, 11) is 1.74. The first-order valence-electron chi connectivity index (χ1n) is 5.73. The van der Waals surface area contributed by atoms with Gasteiger partial charge in [-0.25, -0.2) is 4.79 Å². The predicted molar refractivity (Wildman–Crippen MR) is 75.7 cm³/mol. The van der Waals surface area contributed by atoms with Crippen molar-refractivity contribution in [2.75, 3.05) is 0 Å². The standard InChI is InChI=1S/C13H12Cl2N2O3/c1-7-10(12(15)17(2)16-7)6-20-8-3-4-11(14)9(5-8)13(18)19/h3-5H,6H2,1-2H3,(H,18,19). The van der Waals surface area contributed by atoms with Crippen LogP contribution in [0.15, 0.2) is 18.2 Å². The van der Waals surface area contributed by atoms with Crippen molar-refractivity contribution in [2.45, 2.75) is 13.5 Å². The molecule has 20 heavy (non-hydrogen) atoms. The molecule has 0 unspecified atom stereocenters. The highest BCUT2D eigenvalue weighted by atomic mass is 35.5. The molecule has 0 aliphatic carbocycles. The van der Waals surface area contributed by atoms with Crippen molar-refractivity contribution >= 4 is 29.2 Å². The number of halogens is 2. The summed E-state index contributed by atoms with van der Waals surface area (Å²) >= 11 is 11.9. The summed E-state index contributed by atoms with van der Waals surface area (Å²) in [6, 6.07) is 4.47. The van der Waals surface area contributed by atoms with Crippen molar-refractivity contribution in [3.63, 3.8) is 0 Å². The first-order valence-corrected chi connectivity index (χ1v) is 6.49. The topological polar surface area (TPSA) is 64.4 Å². The predicted octanol–water partition coefficient (Wildman–Crippen LogP) is 3.31. The second kappa shape index (κ2) is 5.73. The van der Waals surface area contributed by atoms with Gasteiger partial charge in [-0.2, -0.15) is 5.10 Å². The van der Waals surface area contributed by atoms with Gasteiger partial charge >= 0.3 is 5.97 Å². The fourth-order valence-corrected chi connectivity index (χ4v) is 2.18. The molecule has 0 radical (unpaired) electrons. The minimum absolute atomic E-state index is 0.00169. The Balaban J connectivity index is 2.19. The van der Waals surface area contributed by atoms with Crippen molar-refractivity contribution in [3.8, 4) is 5.75 Å². The zero-order valence-corrected chi connectivity index (χ0v) is 12.4. The number of carboxylic acid groups (broad SMARTS) is 1. The quantitative estimate of drug-likeness (QED) is 0.940. The van der Waals surface area contributed by atoms with Crippen molar-refractivity contribution < 1.29 is 14.6 Å². The largest absolute Gasteiger partial charge is 0.489 e. The number of aromatic carboxylic acids is 1. The number of ether oxygens (including phenoxy) is 1. The molecule has 0 amide bonds. The fourth-order valence-electron chi connectivity index (χ4n) is 1.75. The lowest BCUT2D eigenvalue weighted by molar-refractivity contribution is 0.0696. The Bertz CT molecular complexity index is 668. The van der Waals surface area contributed by atoms with Crippen molar-refractivity contribution in [1.29, 1.82) is 0 Å². The molecule has 0 atom stereocenters. The maximum atomic E-state index is 11.0. The number of nitrogens with zero attached hydrogens (tertiary/aromatic N) is 2. The monoisotopic (exact) mass is 314 g/mol. The van der Waals surface area contributed by atoms with E-state index in [0.29, 0.717) is 10.9 Å². The first-order chi connectivity index (χ1) is 9.40. The Labute approximate surface area is 125 Å². The van der Waals surface area contributed by atoms with E-state index >= 15 is 0 Å². The molecule has 7 heteroatoms. The molecule has 106 valence electrons. The van der Waals surface area contributed by atoms with E-state index in [1.807, 2.05) is 6.92 Å². The molecule has 0 aliphatic heterocycles. The Hall–Kier alpha value is -1.72. The second-order valence-corrected chi connectivity index (χ2v) is 4.98. The number of hydrogen-bond acceptors (Lipinski definition) is 3. The minimum Gasteiger partial charge on any atom is -0.489 e. The van der Waals surface area contributed by atoms with Gasteiger partial charge in [-0.3, -0.25) is 4.68 Å². The highest BCUT2D eigenvalue weighted by Crippen LogP contribution is 2.25. The van der Waals surface area contributed by atoms with Crippen LogP contribution in [-0.2, 0) is 13.7 Å². The molecule has 0 aliphatic rings. The Morgan fingerprint density at radius 1 is 1.45 bits per heavy atom. The zero-order valence-electron chi connectivity index (χ0n) is 10.9. The third-order valence-corrected chi connectivity index (χ3v) is 3.62. The third kappa shape index (κ3) is 2.89. The third-order valence-electron chi connectivity index (χ3n) is 2.82. The number of carbonyl (C=O) groups is 1. The number of benzene rings is 1. The van der Waals surface area contributed by atoms with E-state index in [9.17, 15) is 4.79 Å². The number of carboxylic acids is 1. The van der Waals surface area contributed by atoms with Crippen LogP contribution in [0.3, 0.4) is 0 Å². The lowest BCUT2D eigenvalue weighted by Gasteiger charge is -2.07. The van der Waals surface area contributed by atoms with Crippen LogP contribution in [0.4, 0.5) is 0 Å². The maximum Gasteiger partial charge on any atom is 0.337 e. The van der Waals surface area contributed by atoms with E-state index in [-0.39, 0.29) is 17.2 Å². The summed E-state index contributed by atoms with van der Waals surface area (Å²) in [4.78, 5) is 11.0. The molecule has 0 saturated heterocycles. The average molecular weight is 315 g/mol. The van der Waals surface area contributed by atoms with Crippen molar-refractivity contribution in [1.82, 2.24) is 9.78 Å². The molecule has 0 saturated carbocycles. The molecule has 5 nitrogen and oxygen atoms in total. The van der Waals surface area contributed by atoms with E-state index in [1.165, 1.54) is 12.1 Å². The van der Waals surface area contributed by atoms with Gasteiger partial charge < -0.3 is 9.84 Å². The molecule has 0 fully saturated rings. The van der Waals surface area contributed by atoms with E-state index < -0.39 is 5.97 Å². The number of rotatable bonds is 4. The van der Waals surface area contributed by atoms with Crippen LogP contribution < -0.4 is 4.74 Å². The lowest BCUT2D eigenvalue weighted by Crippen LogP contribution is -2.01. The average Bonchev–Trinajstić information content (AvgIpc) is 2.62. The lowest BCUT2D eigenvalue weighted by atomic mass is 10.2. The molecule has 0 bridgehead atoms. The summed E-state index contributed by atoms with van der Waals surface area (Å²) in [6.07, 6.45) is 0. The Morgan fingerprint density at radius 2 is 2.15 bits per heavy atom. The van der Waals surface area contributed by atoms with Crippen LogP contribution in [0.2, 0.25) is 10.2 Å². The molecular formula is C13H12Cl2N2O3. The SMILES string of the molecule is Cc1nn(C)c(Cl)c1COc1ccc(Cl)c(C(=O)O)c1. The molecule has 1 heterocycles. The molecular weight excluding hydrogens is 303 g/mol. The summed E-state index contributed by atoms with van der Waals surface area (Å²) < 4.78 is 7.11. The van der Waals surface area contributed by atoms with E-state index in [0.717, 1.165) is 11.3 Å². The van der Waals surface area contributed by atoms with E-state index in [4.69, 9.17) is 33.0 Å². The smallest absolute Gasteiger partial charge is 0.337 e. The number of aryl methyl sites for hydroxylation is 2. The van der Waals surface area contributed by atoms with Crippen LogP contribution in [0.1, 0.15) is 21.6 Å². The molecule has 0 spiro atoms. The van der Waals surface area contributed by atoms with Crippen LogP contribution in [-0.4, -0.2) is 20.9 Å². The van der Waals surface area contributed by atoms with Gasteiger partial charge in [0.25, 0.3) is 0 Å². The summed E-state index contributed by atoms with van der Waals surface area (Å²) in [5, 5.41) is 13.8. The summed E-state index contributed by atoms with van der Waals surface area (Å²) in [5.41, 5.74) is 1.53. The second-order valence-electron chi connectivity index (χ2n) is 4.21. The summed E-state index contributed by atoms with van der Waals surface area (Å²) in [5.74, 6) is -0.692. The summed E-state index contributed by atoms with van der Waals surface area (Å²) in [6.45, 7) is 2.04. The van der Waals surface area contributed by atoms with Crippen molar-refractivity contribution in [3.05, 3.63) is 45.2 Å². The van der Waals surface area contributed by atoms with Gasteiger partial charge in [0.15, 0.2) is 0 Å². The molecule has 2 rings (SSSR count). The minimum atomic E-state index is -1.10. The van der Waals surface area contributed by atoms with Crippen LogP contribution >= 0.6 is 23.2 Å². The Morgan fingerprint density at radius 3 is 2.70 bits per heavy atom. The first kappa shape index (κ1) is 14.7. The van der Waals surface area contributed by atoms with Gasteiger partial charge in [-0.1, -0.05) is 23.2 Å². The normalized spacial score (nSPS) is 10.6.